The Labute approximate surface area is 98.3 Å². The van der Waals surface area contributed by atoms with E-state index in [1.54, 1.807) is 18.3 Å². The topological polar surface area (TPSA) is 67.0 Å². The zero-order chi connectivity index (χ0) is 11.9. The molecule has 0 fully saturated rings. The van der Waals surface area contributed by atoms with Crippen LogP contribution in [-0.2, 0) is 25.3 Å². The van der Waals surface area contributed by atoms with Crippen LogP contribution in [0.2, 0.25) is 0 Å². The summed E-state index contributed by atoms with van der Waals surface area (Å²) in [6.45, 7) is 4.42. The van der Waals surface area contributed by atoms with Gasteiger partial charge < -0.3 is 4.98 Å². The van der Waals surface area contributed by atoms with Gasteiger partial charge in [-0.3, -0.25) is 4.79 Å². The molecule has 0 saturated heterocycles. The molecule has 4 nitrogen and oxygen atoms in total. The van der Waals surface area contributed by atoms with Crippen molar-refractivity contribution in [3.63, 3.8) is 0 Å². The minimum atomic E-state index is -2.25. The van der Waals surface area contributed by atoms with E-state index in [0.717, 1.165) is 0 Å². The Morgan fingerprint density at radius 3 is 1.87 bits per heavy atom. The van der Waals surface area contributed by atoms with Crippen molar-refractivity contribution in [3.8, 4) is 0 Å². The average molecular weight is 383 g/mol. The molecule has 0 spiro atoms. The van der Waals surface area contributed by atoms with Crippen molar-refractivity contribution < 1.29 is 25.3 Å². The van der Waals surface area contributed by atoms with Crippen LogP contribution in [0.15, 0.2) is 29.2 Å². The molecule has 0 aliphatic carbocycles. The molecule has 5 heteroatoms. The van der Waals surface area contributed by atoms with Crippen LogP contribution >= 0.6 is 0 Å². The van der Waals surface area contributed by atoms with Crippen LogP contribution in [0.3, 0.4) is 0 Å². The molecule has 86 valence electrons. The Morgan fingerprint density at radius 2 is 1.73 bits per heavy atom. The van der Waals surface area contributed by atoms with Gasteiger partial charge in [-0.25, -0.2) is 0 Å². The monoisotopic (exact) mass is 383 g/mol. The predicted octanol–water partition coefficient (Wildman–Crippen LogP) is 2.33. The van der Waals surface area contributed by atoms with Gasteiger partial charge in [-0.15, -0.1) is 0 Å². The van der Waals surface area contributed by atoms with Gasteiger partial charge in [-0.05, 0) is 6.07 Å². The molecule has 1 aromatic rings. The standard InChI is InChI=1S/C5H5NO.C5H12.2O.W/c7-5-3-1-2-4-6-5;1-3-5-4-2;;;/h1-4H,(H,6,7);3-5H2,1-2H3;;;. The number of hydrogen-bond acceptors (Lipinski definition) is 3. The van der Waals surface area contributed by atoms with Crippen LogP contribution in [0.4, 0.5) is 0 Å². The Bertz CT molecular complexity index is 286. The van der Waals surface area contributed by atoms with Gasteiger partial charge in [-0.1, -0.05) is 39.2 Å². The Morgan fingerprint density at radius 1 is 1.20 bits per heavy atom. The summed E-state index contributed by atoms with van der Waals surface area (Å²) in [5.74, 6) is 0. The van der Waals surface area contributed by atoms with Crippen molar-refractivity contribution in [1.29, 1.82) is 0 Å². The second-order valence-electron chi connectivity index (χ2n) is 2.65. The third-order valence-corrected chi connectivity index (χ3v) is 1.39. The summed E-state index contributed by atoms with van der Waals surface area (Å²) >= 11 is -2.25. The fourth-order valence-electron chi connectivity index (χ4n) is 0.730. The van der Waals surface area contributed by atoms with E-state index in [9.17, 15) is 4.79 Å². The van der Waals surface area contributed by atoms with E-state index in [-0.39, 0.29) is 5.56 Å². The van der Waals surface area contributed by atoms with Crippen LogP contribution in [0.25, 0.3) is 0 Å². The van der Waals surface area contributed by atoms with Crippen molar-refractivity contribution in [2.45, 2.75) is 33.1 Å². The molecular formula is C10H17NO3W. The zero-order valence-corrected chi connectivity index (χ0v) is 12.0. The van der Waals surface area contributed by atoms with Gasteiger partial charge in [0.05, 0.1) is 0 Å². The van der Waals surface area contributed by atoms with Crippen LogP contribution in [0.1, 0.15) is 33.1 Å². The number of pyridine rings is 1. The van der Waals surface area contributed by atoms with E-state index in [1.165, 1.54) is 25.3 Å². The van der Waals surface area contributed by atoms with Gasteiger partial charge in [0.15, 0.2) is 0 Å². The predicted molar refractivity (Wildman–Crippen MR) is 53.6 cm³/mol. The molecule has 1 aromatic heterocycles. The number of H-pyrrole nitrogens is 1. The quantitative estimate of drug-likeness (QED) is 0.853. The Hall–Kier alpha value is -0.762. The first-order valence-electron chi connectivity index (χ1n) is 4.78. The summed E-state index contributed by atoms with van der Waals surface area (Å²) in [5.41, 5.74) is -0.0532. The van der Waals surface area contributed by atoms with E-state index >= 15 is 0 Å². The molecule has 0 saturated carbocycles. The second-order valence-corrected chi connectivity index (χ2v) is 3.14. The van der Waals surface area contributed by atoms with Crippen molar-refractivity contribution >= 4 is 0 Å². The normalized spacial score (nSPS) is 7.60. The van der Waals surface area contributed by atoms with E-state index in [1.807, 2.05) is 0 Å². The van der Waals surface area contributed by atoms with Crippen molar-refractivity contribution in [1.82, 2.24) is 4.98 Å². The first kappa shape index (κ1) is 16.7. The fraction of sp³-hybridized carbons (Fsp3) is 0.500. The number of nitrogens with one attached hydrogen (secondary N) is 1. The first-order chi connectivity index (χ1) is 7.22. The van der Waals surface area contributed by atoms with Crippen molar-refractivity contribution in [3.05, 3.63) is 34.7 Å². The van der Waals surface area contributed by atoms with Gasteiger partial charge in [0, 0.05) is 12.3 Å². The zero-order valence-electron chi connectivity index (χ0n) is 9.06. The molecule has 0 aliphatic heterocycles. The maximum absolute atomic E-state index is 10.2. The van der Waals surface area contributed by atoms with Gasteiger partial charge in [0.25, 0.3) is 0 Å². The molecular weight excluding hydrogens is 366 g/mol. The number of unbranched alkanes of at least 4 members (excludes halogenated alkanes) is 2. The maximum atomic E-state index is 10.2. The number of hydrogen-bond donors (Lipinski definition) is 1. The molecule has 0 amide bonds. The van der Waals surface area contributed by atoms with Crippen LogP contribution in [0, 0.1) is 0 Å². The van der Waals surface area contributed by atoms with Crippen LogP contribution in [0.5, 0.6) is 0 Å². The summed E-state index contributed by atoms with van der Waals surface area (Å²) in [7, 11) is 0. The molecule has 0 radical (unpaired) electrons. The van der Waals surface area contributed by atoms with Gasteiger partial charge in [-0.2, -0.15) is 0 Å². The number of aromatic amines is 1. The van der Waals surface area contributed by atoms with E-state index in [4.69, 9.17) is 6.80 Å². The molecule has 0 unspecified atom stereocenters. The van der Waals surface area contributed by atoms with E-state index in [2.05, 4.69) is 18.8 Å². The average Bonchev–Trinajstić information content (AvgIpc) is 2.22. The summed E-state index contributed by atoms with van der Waals surface area (Å²) in [4.78, 5) is 12.7. The molecule has 1 rings (SSSR count). The van der Waals surface area contributed by atoms with Crippen molar-refractivity contribution in [2.75, 3.05) is 0 Å². The van der Waals surface area contributed by atoms with E-state index < -0.39 is 18.5 Å². The fourth-order valence-corrected chi connectivity index (χ4v) is 0.730. The van der Waals surface area contributed by atoms with Crippen LogP contribution < -0.4 is 5.56 Å². The summed E-state index contributed by atoms with van der Waals surface area (Å²) < 4.78 is 17.1. The number of aromatic nitrogens is 1. The number of rotatable bonds is 2. The summed E-state index contributed by atoms with van der Waals surface area (Å²) in [5, 5.41) is 0. The van der Waals surface area contributed by atoms with Crippen molar-refractivity contribution in [2.24, 2.45) is 0 Å². The molecule has 0 bridgehead atoms. The van der Waals surface area contributed by atoms with Gasteiger partial charge in [0.1, 0.15) is 0 Å². The molecule has 1 heterocycles. The van der Waals surface area contributed by atoms with Gasteiger partial charge in [0.2, 0.25) is 5.56 Å². The third kappa shape index (κ3) is 19.6. The molecule has 15 heavy (non-hydrogen) atoms. The summed E-state index contributed by atoms with van der Waals surface area (Å²) in [6.07, 6.45) is 5.68. The molecule has 1 N–H and O–H groups in total. The molecule has 0 aliphatic rings. The minimum absolute atomic E-state index is 0.0532. The SMILES string of the molecule is CCCCC.O=c1cccc[nH]1.[O]=[W]=[O]. The molecule has 0 atom stereocenters. The third-order valence-electron chi connectivity index (χ3n) is 1.39. The first-order valence-corrected chi connectivity index (χ1v) is 7.17. The summed E-state index contributed by atoms with van der Waals surface area (Å²) in [6, 6.07) is 4.93. The second kappa shape index (κ2) is 15.7. The Kier molecular flexibility index (Phi) is 17.4. The van der Waals surface area contributed by atoms with E-state index in [0.29, 0.717) is 0 Å². The molecule has 0 aromatic carbocycles. The van der Waals surface area contributed by atoms with Gasteiger partial charge >= 0.3 is 25.3 Å². The van der Waals surface area contributed by atoms with Crippen LogP contribution in [-0.4, -0.2) is 4.98 Å². The Balaban J connectivity index is 0.